The van der Waals surface area contributed by atoms with Crippen LogP contribution in [0.2, 0.25) is 0 Å². The molecule has 2 amide bonds. The zero-order valence-corrected chi connectivity index (χ0v) is 14.8. The summed E-state index contributed by atoms with van der Waals surface area (Å²) in [6.45, 7) is 3.28. The molecule has 0 atom stereocenters. The summed E-state index contributed by atoms with van der Waals surface area (Å²) < 4.78 is 10.4. The lowest BCUT2D eigenvalue weighted by molar-refractivity contribution is -0.120. The fourth-order valence-electron chi connectivity index (χ4n) is 2.42. The summed E-state index contributed by atoms with van der Waals surface area (Å²) in [4.78, 5) is 25.8. The third kappa shape index (κ3) is 4.73. The smallest absolute Gasteiger partial charge is 0.244 e. The van der Waals surface area contributed by atoms with Gasteiger partial charge in [0, 0.05) is 18.7 Å². The largest absolute Gasteiger partial charge is 0.497 e. The predicted molar refractivity (Wildman–Crippen MR) is 97.4 cm³/mol. The van der Waals surface area contributed by atoms with Gasteiger partial charge in [0.1, 0.15) is 18.0 Å². The molecule has 0 radical (unpaired) electrons. The van der Waals surface area contributed by atoms with Crippen molar-refractivity contribution in [2.45, 2.75) is 13.8 Å². The zero-order valence-electron chi connectivity index (χ0n) is 14.8. The topological polar surface area (TPSA) is 67.9 Å². The molecule has 25 heavy (non-hydrogen) atoms. The number of nitrogens with one attached hydrogen (secondary N) is 1. The molecule has 2 aromatic rings. The summed E-state index contributed by atoms with van der Waals surface area (Å²) in [6.07, 6.45) is 0. The summed E-state index contributed by atoms with van der Waals surface area (Å²) in [6, 6.07) is 12.5. The van der Waals surface area contributed by atoms with Crippen molar-refractivity contribution in [3.05, 3.63) is 48.0 Å². The van der Waals surface area contributed by atoms with Crippen LogP contribution in [0, 0.1) is 6.92 Å². The quantitative estimate of drug-likeness (QED) is 0.876. The van der Waals surface area contributed by atoms with Gasteiger partial charge in [0.05, 0.1) is 19.9 Å². The van der Waals surface area contributed by atoms with Gasteiger partial charge in [0.2, 0.25) is 11.8 Å². The number of methoxy groups -OCH3 is 2. The highest BCUT2D eigenvalue weighted by molar-refractivity contribution is 6.02. The third-order valence-electron chi connectivity index (χ3n) is 3.68. The summed E-state index contributed by atoms with van der Waals surface area (Å²) in [7, 11) is 3.07. The van der Waals surface area contributed by atoms with Crippen LogP contribution in [0.15, 0.2) is 42.5 Å². The van der Waals surface area contributed by atoms with Crippen molar-refractivity contribution in [3.8, 4) is 11.5 Å². The van der Waals surface area contributed by atoms with E-state index in [0.717, 1.165) is 5.56 Å². The lowest BCUT2D eigenvalue weighted by Crippen LogP contribution is -2.36. The van der Waals surface area contributed by atoms with Gasteiger partial charge in [-0.25, -0.2) is 0 Å². The number of aryl methyl sites for hydroxylation is 1. The molecule has 0 fully saturated rings. The molecule has 2 rings (SSSR count). The first-order valence-corrected chi connectivity index (χ1v) is 7.81. The predicted octanol–water partition coefficient (Wildman–Crippen LogP) is 3.00. The van der Waals surface area contributed by atoms with Crippen molar-refractivity contribution >= 4 is 23.2 Å². The first-order chi connectivity index (χ1) is 11.9. The Balaban J connectivity index is 2.16. The van der Waals surface area contributed by atoms with Crippen molar-refractivity contribution in [1.29, 1.82) is 0 Å². The van der Waals surface area contributed by atoms with Gasteiger partial charge < -0.3 is 19.7 Å². The van der Waals surface area contributed by atoms with Gasteiger partial charge >= 0.3 is 0 Å². The van der Waals surface area contributed by atoms with E-state index in [2.05, 4.69) is 5.32 Å². The molecular weight excluding hydrogens is 320 g/mol. The monoisotopic (exact) mass is 342 g/mol. The maximum absolute atomic E-state index is 12.4. The van der Waals surface area contributed by atoms with Crippen LogP contribution in [-0.4, -0.2) is 32.6 Å². The highest BCUT2D eigenvalue weighted by atomic mass is 16.5. The minimum absolute atomic E-state index is 0.0893. The van der Waals surface area contributed by atoms with Crippen LogP contribution in [0.3, 0.4) is 0 Å². The second-order valence-corrected chi connectivity index (χ2v) is 5.56. The molecule has 0 saturated heterocycles. The highest BCUT2D eigenvalue weighted by Crippen LogP contribution is 2.29. The second kappa shape index (κ2) is 8.19. The molecule has 6 heteroatoms. The van der Waals surface area contributed by atoms with Crippen LogP contribution >= 0.6 is 0 Å². The summed E-state index contributed by atoms with van der Waals surface area (Å²) in [5.74, 6) is 0.584. The van der Waals surface area contributed by atoms with Gasteiger partial charge in [-0.05, 0) is 36.8 Å². The third-order valence-corrected chi connectivity index (χ3v) is 3.68. The molecule has 0 spiro atoms. The number of anilines is 2. The van der Waals surface area contributed by atoms with Crippen LogP contribution in [0.1, 0.15) is 12.5 Å². The molecule has 0 saturated carbocycles. The van der Waals surface area contributed by atoms with E-state index in [9.17, 15) is 9.59 Å². The van der Waals surface area contributed by atoms with E-state index >= 15 is 0 Å². The summed E-state index contributed by atoms with van der Waals surface area (Å²) in [5.41, 5.74) is 2.21. The van der Waals surface area contributed by atoms with Gasteiger partial charge in [-0.15, -0.1) is 0 Å². The van der Waals surface area contributed by atoms with Gasteiger partial charge in [0.15, 0.2) is 0 Å². The molecule has 1 N–H and O–H groups in total. The molecule has 0 unspecified atom stereocenters. The van der Waals surface area contributed by atoms with E-state index < -0.39 is 0 Å². The molecule has 0 heterocycles. The van der Waals surface area contributed by atoms with Crippen LogP contribution in [-0.2, 0) is 9.59 Å². The van der Waals surface area contributed by atoms with Gasteiger partial charge in [-0.3, -0.25) is 9.59 Å². The van der Waals surface area contributed by atoms with Gasteiger partial charge in [-0.2, -0.15) is 0 Å². The van der Waals surface area contributed by atoms with Gasteiger partial charge in [-0.1, -0.05) is 12.1 Å². The van der Waals surface area contributed by atoms with Crippen LogP contribution in [0.5, 0.6) is 11.5 Å². The number of hydrogen-bond acceptors (Lipinski definition) is 4. The van der Waals surface area contributed by atoms with Crippen LogP contribution in [0.4, 0.5) is 11.4 Å². The normalized spacial score (nSPS) is 10.1. The Bertz CT molecular complexity index is 774. The number of benzene rings is 2. The molecule has 0 aromatic heterocycles. The summed E-state index contributed by atoms with van der Waals surface area (Å²) in [5, 5.41) is 2.77. The first kappa shape index (κ1) is 18.3. The average molecular weight is 342 g/mol. The van der Waals surface area contributed by atoms with Crippen molar-refractivity contribution in [1.82, 2.24) is 0 Å². The maximum atomic E-state index is 12.4. The molecule has 0 aliphatic heterocycles. The molecule has 6 nitrogen and oxygen atoms in total. The Morgan fingerprint density at radius 1 is 1.08 bits per heavy atom. The fourth-order valence-corrected chi connectivity index (χ4v) is 2.42. The minimum atomic E-state index is -0.319. The number of amides is 2. The lowest BCUT2D eigenvalue weighted by Gasteiger charge is -2.21. The first-order valence-electron chi connectivity index (χ1n) is 7.81. The van der Waals surface area contributed by atoms with Gasteiger partial charge in [0.25, 0.3) is 0 Å². The Hall–Kier alpha value is -3.02. The number of nitrogens with zero attached hydrogens (tertiary/aromatic N) is 1. The van der Waals surface area contributed by atoms with Crippen LogP contribution < -0.4 is 19.7 Å². The van der Waals surface area contributed by atoms with E-state index in [1.807, 2.05) is 25.1 Å². The minimum Gasteiger partial charge on any atom is -0.497 e. The number of hydrogen-bond donors (Lipinski definition) is 1. The lowest BCUT2D eigenvalue weighted by atomic mass is 10.2. The van der Waals surface area contributed by atoms with Crippen molar-refractivity contribution in [2.75, 3.05) is 31.0 Å². The van der Waals surface area contributed by atoms with E-state index in [-0.39, 0.29) is 18.4 Å². The number of carbonyl (C=O) groups is 2. The van der Waals surface area contributed by atoms with E-state index in [1.165, 1.54) is 18.9 Å². The Morgan fingerprint density at radius 3 is 2.44 bits per heavy atom. The molecule has 132 valence electrons. The van der Waals surface area contributed by atoms with Crippen molar-refractivity contribution < 1.29 is 19.1 Å². The van der Waals surface area contributed by atoms with Crippen molar-refractivity contribution in [2.24, 2.45) is 0 Å². The maximum Gasteiger partial charge on any atom is 0.244 e. The average Bonchev–Trinajstić information content (AvgIpc) is 2.59. The Labute approximate surface area is 147 Å². The number of ether oxygens (including phenoxy) is 2. The SMILES string of the molecule is COc1ccc(NC(=O)CN(C(C)=O)c2cccc(C)c2)c(OC)c1. The molecular formula is C19H22N2O4. The Morgan fingerprint density at radius 2 is 1.84 bits per heavy atom. The second-order valence-electron chi connectivity index (χ2n) is 5.56. The van der Waals surface area contributed by atoms with E-state index in [4.69, 9.17) is 9.47 Å². The molecule has 0 aliphatic rings. The molecule has 2 aromatic carbocycles. The molecule has 0 aliphatic carbocycles. The van der Waals surface area contributed by atoms with E-state index in [1.54, 1.807) is 31.4 Å². The number of carbonyl (C=O) groups excluding carboxylic acids is 2. The number of rotatable bonds is 6. The highest BCUT2D eigenvalue weighted by Gasteiger charge is 2.17. The standard InChI is InChI=1S/C19H22N2O4/c1-13-6-5-7-15(10-13)21(14(2)22)12-19(23)20-17-9-8-16(24-3)11-18(17)25-4/h5-11H,12H2,1-4H3,(H,20,23). The van der Waals surface area contributed by atoms with E-state index in [0.29, 0.717) is 22.9 Å². The molecule has 0 bridgehead atoms. The van der Waals surface area contributed by atoms with Crippen LogP contribution in [0.25, 0.3) is 0 Å². The zero-order chi connectivity index (χ0) is 18.4. The Kier molecular flexibility index (Phi) is 6.00. The summed E-state index contributed by atoms with van der Waals surface area (Å²) >= 11 is 0. The fraction of sp³-hybridized carbons (Fsp3) is 0.263. The van der Waals surface area contributed by atoms with Crippen molar-refractivity contribution in [3.63, 3.8) is 0 Å².